The lowest BCUT2D eigenvalue weighted by atomic mass is 10.1. The van der Waals surface area contributed by atoms with Gasteiger partial charge in [-0.1, -0.05) is 6.07 Å². The van der Waals surface area contributed by atoms with Crippen molar-refractivity contribution in [2.24, 2.45) is 0 Å². The Morgan fingerprint density at radius 2 is 2.12 bits per heavy atom. The number of nitrogens with one attached hydrogen (secondary N) is 1. The van der Waals surface area contributed by atoms with Crippen LogP contribution in [0.5, 0.6) is 0 Å². The number of sulfone groups is 1. The van der Waals surface area contributed by atoms with Crippen LogP contribution >= 0.6 is 15.9 Å². The van der Waals surface area contributed by atoms with Crippen LogP contribution in [0.4, 0.5) is 4.39 Å². The van der Waals surface area contributed by atoms with Crippen molar-refractivity contribution in [3.05, 3.63) is 34.1 Å². The number of hydrogen-bond donors (Lipinski definition) is 1. The maximum absolute atomic E-state index is 13.0. The molecule has 0 spiro atoms. The maximum atomic E-state index is 13.0. The van der Waals surface area contributed by atoms with E-state index in [-0.39, 0.29) is 17.6 Å². The number of hydrogen-bond acceptors (Lipinski definition) is 3. The molecule has 1 aromatic rings. The molecule has 3 nitrogen and oxygen atoms in total. The van der Waals surface area contributed by atoms with Crippen LogP contribution in [-0.2, 0) is 16.3 Å². The summed E-state index contributed by atoms with van der Waals surface area (Å²) in [6.07, 6.45) is 1.75. The van der Waals surface area contributed by atoms with Gasteiger partial charge in [-0.15, -0.1) is 0 Å². The van der Waals surface area contributed by atoms with E-state index >= 15 is 0 Å². The third kappa shape index (κ3) is 5.14. The van der Waals surface area contributed by atoms with E-state index < -0.39 is 9.84 Å². The second kappa shape index (κ2) is 5.93. The average Bonchev–Trinajstić information content (AvgIpc) is 2.20. The molecule has 0 aromatic heterocycles. The zero-order valence-electron chi connectivity index (χ0n) is 9.70. The molecular weight excluding hydrogens is 309 g/mol. The summed E-state index contributed by atoms with van der Waals surface area (Å²) in [4.78, 5) is 0. The Morgan fingerprint density at radius 3 is 2.59 bits per heavy atom. The standard InChI is InChI=1S/C11H15BrFNO2S/c1-14-9(7-17(2,15)16)5-8-3-4-11(13)10(12)6-8/h3-4,6,9,14H,5,7H2,1-2H3. The molecule has 0 aliphatic heterocycles. The van der Waals surface area contributed by atoms with Crippen LogP contribution in [-0.4, -0.2) is 33.5 Å². The molecule has 1 unspecified atom stereocenters. The molecule has 1 N–H and O–H groups in total. The first kappa shape index (κ1) is 14.6. The number of rotatable bonds is 5. The Kier molecular flexibility index (Phi) is 5.09. The summed E-state index contributed by atoms with van der Waals surface area (Å²) < 4.78 is 35.8. The van der Waals surface area contributed by atoms with E-state index in [0.29, 0.717) is 10.9 Å². The first-order chi connectivity index (χ1) is 7.81. The zero-order chi connectivity index (χ0) is 13.1. The molecular formula is C11H15BrFNO2S. The lowest BCUT2D eigenvalue weighted by Gasteiger charge is -2.15. The van der Waals surface area contributed by atoms with E-state index in [9.17, 15) is 12.8 Å². The predicted octanol–water partition coefficient (Wildman–Crippen LogP) is 1.76. The highest BCUT2D eigenvalue weighted by Crippen LogP contribution is 2.18. The van der Waals surface area contributed by atoms with Crippen LogP contribution in [0, 0.1) is 5.82 Å². The van der Waals surface area contributed by atoms with Gasteiger partial charge in [0, 0.05) is 12.3 Å². The molecule has 0 bridgehead atoms. The Morgan fingerprint density at radius 1 is 1.47 bits per heavy atom. The minimum absolute atomic E-state index is 0.0680. The molecule has 0 heterocycles. The quantitative estimate of drug-likeness (QED) is 0.898. The minimum Gasteiger partial charge on any atom is -0.316 e. The molecule has 0 amide bonds. The van der Waals surface area contributed by atoms with Gasteiger partial charge in [-0.05, 0) is 47.1 Å². The molecule has 1 aromatic carbocycles. The zero-order valence-corrected chi connectivity index (χ0v) is 12.1. The van der Waals surface area contributed by atoms with Gasteiger partial charge in [0.1, 0.15) is 15.7 Å². The van der Waals surface area contributed by atoms with Gasteiger partial charge in [0.15, 0.2) is 0 Å². The first-order valence-electron chi connectivity index (χ1n) is 5.10. The lowest BCUT2D eigenvalue weighted by molar-refractivity contribution is 0.565. The monoisotopic (exact) mass is 323 g/mol. The Bertz CT molecular complexity index is 490. The highest BCUT2D eigenvalue weighted by molar-refractivity contribution is 9.10. The Hall–Kier alpha value is -0.460. The van der Waals surface area contributed by atoms with E-state index in [1.807, 2.05) is 0 Å². The summed E-state index contributed by atoms with van der Waals surface area (Å²) in [5, 5.41) is 2.95. The summed E-state index contributed by atoms with van der Waals surface area (Å²) >= 11 is 3.11. The fourth-order valence-electron chi connectivity index (χ4n) is 1.56. The van der Waals surface area contributed by atoms with Crippen molar-refractivity contribution >= 4 is 25.8 Å². The van der Waals surface area contributed by atoms with Crippen LogP contribution in [0.15, 0.2) is 22.7 Å². The van der Waals surface area contributed by atoms with Gasteiger partial charge in [0.25, 0.3) is 0 Å². The van der Waals surface area contributed by atoms with Crippen molar-refractivity contribution in [1.82, 2.24) is 5.32 Å². The third-order valence-corrected chi connectivity index (χ3v) is 3.99. The average molecular weight is 324 g/mol. The van der Waals surface area contributed by atoms with Gasteiger partial charge in [0.05, 0.1) is 10.2 Å². The molecule has 0 saturated heterocycles. The van der Waals surface area contributed by atoms with Crippen molar-refractivity contribution in [3.63, 3.8) is 0 Å². The SMILES string of the molecule is CNC(Cc1ccc(F)c(Br)c1)CS(C)(=O)=O. The van der Waals surface area contributed by atoms with Crippen LogP contribution in [0.25, 0.3) is 0 Å². The van der Waals surface area contributed by atoms with E-state index in [4.69, 9.17) is 0 Å². The second-order valence-electron chi connectivity index (χ2n) is 4.03. The van der Waals surface area contributed by atoms with E-state index in [0.717, 1.165) is 5.56 Å². The van der Waals surface area contributed by atoms with E-state index in [2.05, 4.69) is 21.2 Å². The van der Waals surface area contributed by atoms with Crippen LogP contribution < -0.4 is 5.32 Å². The van der Waals surface area contributed by atoms with Crippen LogP contribution in [0.3, 0.4) is 0 Å². The number of halogens is 2. The molecule has 0 saturated carbocycles. The van der Waals surface area contributed by atoms with Gasteiger partial charge in [0.2, 0.25) is 0 Å². The molecule has 1 atom stereocenters. The van der Waals surface area contributed by atoms with Gasteiger partial charge in [-0.25, -0.2) is 12.8 Å². The second-order valence-corrected chi connectivity index (χ2v) is 7.07. The van der Waals surface area contributed by atoms with Crippen molar-refractivity contribution in [3.8, 4) is 0 Å². The topological polar surface area (TPSA) is 46.2 Å². The van der Waals surface area contributed by atoms with E-state index in [1.165, 1.54) is 12.3 Å². The summed E-state index contributed by atoms with van der Waals surface area (Å²) in [6, 6.07) is 4.53. The van der Waals surface area contributed by atoms with Gasteiger partial charge >= 0.3 is 0 Å². The van der Waals surface area contributed by atoms with Crippen molar-refractivity contribution < 1.29 is 12.8 Å². The van der Waals surface area contributed by atoms with Crippen LogP contribution in [0.1, 0.15) is 5.56 Å². The number of benzene rings is 1. The fraction of sp³-hybridized carbons (Fsp3) is 0.455. The normalized spacial score (nSPS) is 13.6. The lowest BCUT2D eigenvalue weighted by Crippen LogP contribution is -2.34. The summed E-state index contributed by atoms with van der Waals surface area (Å²) in [5.74, 6) is -0.253. The van der Waals surface area contributed by atoms with Crippen molar-refractivity contribution in [2.45, 2.75) is 12.5 Å². The van der Waals surface area contributed by atoms with Gasteiger partial charge in [-0.3, -0.25) is 0 Å². The van der Waals surface area contributed by atoms with E-state index in [1.54, 1.807) is 19.2 Å². The van der Waals surface area contributed by atoms with Gasteiger partial charge in [-0.2, -0.15) is 0 Å². The molecule has 0 radical (unpaired) electrons. The van der Waals surface area contributed by atoms with Crippen molar-refractivity contribution in [1.29, 1.82) is 0 Å². The fourth-order valence-corrected chi connectivity index (χ4v) is 3.00. The molecule has 0 fully saturated rings. The summed E-state index contributed by atoms with van der Waals surface area (Å²) in [6.45, 7) is 0. The molecule has 6 heteroatoms. The first-order valence-corrected chi connectivity index (χ1v) is 7.96. The summed E-state index contributed by atoms with van der Waals surface area (Å²) in [7, 11) is -1.31. The third-order valence-electron chi connectivity index (χ3n) is 2.38. The minimum atomic E-state index is -3.02. The molecule has 17 heavy (non-hydrogen) atoms. The van der Waals surface area contributed by atoms with Crippen molar-refractivity contribution in [2.75, 3.05) is 19.1 Å². The Labute approximate surface area is 109 Å². The molecule has 0 aliphatic rings. The smallest absolute Gasteiger partial charge is 0.148 e. The summed E-state index contributed by atoms with van der Waals surface area (Å²) in [5.41, 5.74) is 0.890. The molecule has 0 aliphatic carbocycles. The maximum Gasteiger partial charge on any atom is 0.148 e. The van der Waals surface area contributed by atoms with Gasteiger partial charge < -0.3 is 5.32 Å². The molecule has 1 rings (SSSR count). The van der Waals surface area contributed by atoms with Crippen LogP contribution in [0.2, 0.25) is 0 Å². The largest absolute Gasteiger partial charge is 0.316 e. The number of likely N-dealkylation sites (N-methyl/N-ethyl adjacent to an activating group) is 1. The highest BCUT2D eigenvalue weighted by Gasteiger charge is 2.14. The highest BCUT2D eigenvalue weighted by atomic mass is 79.9. The molecule has 96 valence electrons. The Balaban J connectivity index is 2.77. The predicted molar refractivity (Wildman–Crippen MR) is 70.4 cm³/mol.